The third-order valence-corrected chi connectivity index (χ3v) is 3.45. The zero-order chi connectivity index (χ0) is 9.83. The van der Waals surface area contributed by atoms with Crippen molar-refractivity contribution in [3.05, 3.63) is 65.2 Å². The minimum Gasteiger partial charge on any atom is -0.0716 e. The van der Waals surface area contributed by atoms with Crippen molar-refractivity contribution in [2.45, 2.75) is 6.42 Å². The lowest BCUT2D eigenvalue weighted by Gasteiger charge is -2.01. The van der Waals surface area contributed by atoms with Gasteiger partial charge >= 0.3 is 0 Å². The molecule has 0 saturated carbocycles. The number of benzene rings is 2. The Hall–Kier alpha value is -1.82. The van der Waals surface area contributed by atoms with E-state index in [1.165, 1.54) is 33.4 Å². The summed E-state index contributed by atoms with van der Waals surface area (Å²) >= 11 is 0. The van der Waals surface area contributed by atoms with Gasteiger partial charge in [-0.3, -0.25) is 0 Å². The van der Waals surface area contributed by atoms with Crippen LogP contribution in [0.1, 0.15) is 16.7 Å². The van der Waals surface area contributed by atoms with Gasteiger partial charge in [-0.15, -0.1) is 0 Å². The Labute approximate surface area is 88.9 Å². The van der Waals surface area contributed by atoms with Gasteiger partial charge < -0.3 is 0 Å². The van der Waals surface area contributed by atoms with Crippen LogP contribution >= 0.6 is 0 Å². The fourth-order valence-electron chi connectivity index (χ4n) is 2.82. The van der Waals surface area contributed by atoms with Crippen LogP contribution in [-0.4, -0.2) is 0 Å². The monoisotopic (exact) mass is 190 g/mol. The minimum absolute atomic E-state index is 1.10. The molecule has 15 heavy (non-hydrogen) atoms. The SMILES string of the molecule is C1=C2c3ccccc3-c3cccc(c32)C1. The first kappa shape index (κ1) is 7.47. The maximum Gasteiger partial charge on any atom is -0.00668 e. The number of rotatable bonds is 0. The molecule has 2 aromatic rings. The summed E-state index contributed by atoms with van der Waals surface area (Å²) in [5.41, 5.74) is 8.66. The first-order valence-electron chi connectivity index (χ1n) is 5.37. The van der Waals surface area contributed by atoms with E-state index in [1.54, 1.807) is 0 Å². The van der Waals surface area contributed by atoms with Crippen LogP contribution in [0.2, 0.25) is 0 Å². The topological polar surface area (TPSA) is 0 Å². The van der Waals surface area contributed by atoms with E-state index in [9.17, 15) is 0 Å². The summed E-state index contributed by atoms with van der Waals surface area (Å²) in [4.78, 5) is 0. The summed E-state index contributed by atoms with van der Waals surface area (Å²) in [5.74, 6) is 0. The van der Waals surface area contributed by atoms with Gasteiger partial charge in [0.05, 0.1) is 0 Å². The Balaban J connectivity index is 2.21. The van der Waals surface area contributed by atoms with Gasteiger partial charge in [0.2, 0.25) is 0 Å². The summed E-state index contributed by atoms with van der Waals surface area (Å²) in [5, 5.41) is 0. The number of hydrogen-bond acceptors (Lipinski definition) is 0. The summed E-state index contributed by atoms with van der Waals surface area (Å²) < 4.78 is 0. The highest BCUT2D eigenvalue weighted by Gasteiger charge is 2.27. The molecular formula is C15H10. The van der Waals surface area contributed by atoms with Crippen LogP contribution in [-0.2, 0) is 6.42 Å². The molecule has 0 heteroatoms. The van der Waals surface area contributed by atoms with Crippen molar-refractivity contribution in [3.63, 3.8) is 0 Å². The summed E-state index contributed by atoms with van der Waals surface area (Å²) in [6, 6.07) is 15.4. The van der Waals surface area contributed by atoms with E-state index in [-0.39, 0.29) is 0 Å². The summed E-state index contributed by atoms with van der Waals surface area (Å²) in [6.45, 7) is 0. The van der Waals surface area contributed by atoms with E-state index in [0.29, 0.717) is 0 Å². The van der Waals surface area contributed by atoms with Crippen LogP contribution < -0.4 is 0 Å². The zero-order valence-electron chi connectivity index (χ0n) is 8.33. The Morgan fingerprint density at radius 3 is 2.47 bits per heavy atom. The molecule has 0 heterocycles. The van der Waals surface area contributed by atoms with Crippen LogP contribution in [0.25, 0.3) is 16.7 Å². The van der Waals surface area contributed by atoms with E-state index in [4.69, 9.17) is 0 Å². The average molecular weight is 190 g/mol. The first-order chi connectivity index (χ1) is 7.45. The molecule has 0 atom stereocenters. The quantitative estimate of drug-likeness (QED) is 0.507. The molecule has 0 aliphatic heterocycles. The highest BCUT2D eigenvalue weighted by molar-refractivity contribution is 6.03. The van der Waals surface area contributed by atoms with E-state index >= 15 is 0 Å². The summed E-state index contributed by atoms with van der Waals surface area (Å²) in [7, 11) is 0. The number of hydrogen-bond donors (Lipinski definition) is 0. The lowest BCUT2D eigenvalue weighted by Crippen LogP contribution is -1.82. The molecular weight excluding hydrogens is 180 g/mol. The predicted octanol–water partition coefficient (Wildman–Crippen LogP) is 3.65. The summed E-state index contributed by atoms with van der Waals surface area (Å²) in [6.07, 6.45) is 3.47. The van der Waals surface area contributed by atoms with Crippen molar-refractivity contribution in [1.82, 2.24) is 0 Å². The average Bonchev–Trinajstić information content (AvgIpc) is 2.85. The van der Waals surface area contributed by atoms with Crippen molar-refractivity contribution in [2.24, 2.45) is 0 Å². The molecule has 0 bridgehead atoms. The normalized spacial score (nSPS) is 14.8. The van der Waals surface area contributed by atoms with Crippen molar-refractivity contribution >= 4 is 5.57 Å². The first-order valence-corrected chi connectivity index (χ1v) is 5.37. The van der Waals surface area contributed by atoms with Crippen LogP contribution in [0, 0.1) is 0 Å². The van der Waals surface area contributed by atoms with E-state index in [2.05, 4.69) is 48.5 Å². The second-order valence-electron chi connectivity index (χ2n) is 4.21. The van der Waals surface area contributed by atoms with Crippen molar-refractivity contribution < 1.29 is 0 Å². The fraction of sp³-hybridized carbons (Fsp3) is 0.0667. The maximum absolute atomic E-state index is 2.36. The Morgan fingerprint density at radius 2 is 1.53 bits per heavy atom. The highest BCUT2D eigenvalue weighted by Crippen LogP contribution is 2.48. The van der Waals surface area contributed by atoms with Crippen LogP contribution in [0.4, 0.5) is 0 Å². The molecule has 0 amide bonds. The molecule has 0 fully saturated rings. The third kappa shape index (κ3) is 0.782. The predicted molar refractivity (Wildman–Crippen MR) is 62.7 cm³/mol. The molecule has 2 aliphatic rings. The highest BCUT2D eigenvalue weighted by atomic mass is 14.3. The molecule has 0 aromatic heterocycles. The molecule has 0 radical (unpaired) electrons. The lowest BCUT2D eigenvalue weighted by molar-refractivity contribution is 1.31. The second-order valence-corrected chi connectivity index (χ2v) is 4.21. The minimum atomic E-state index is 1.10. The Kier molecular flexibility index (Phi) is 1.20. The third-order valence-electron chi connectivity index (χ3n) is 3.45. The Morgan fingerprint density at radius 1 is 0.733 bits per heavy atom. The molecule has 0 saturated heterocycles. The molecule has 2 aliphatic carbocycles. The second kappa shape index (κ2) is 2.40. The standard InChI is InChI=1S/C15H10/c1-2-6-12-11(5-1)13-7-3-4-10-8-9-14(12)15(10)13/h1-7,9H,8H2. The van der Waals surface area contributed by atoms with Crippen LogP contribution in [0.15, 0.2) is 48.5 Å². The maximum atomic E-state index is 2.36. The largest absolute Gasteiger partial charge is 0.0716 e. The van der Waals surface area contributed by atoms with Gasteiger partial charge in [0.1, 0.15) is 0 Å². The van der Waals surface area contributed by atoms with Gasteiger partial charge in [-0.2, -0.15) is 0 Å². The van der Waals surface area contributed by atoms with Gasteiger partial charge in [-0.1, -0.05) is 48.5 Å². The molecule has 2 aromatic carbocycles. The van der Waals surface area contributed by atoms with Gasteiger partial charge in [-0.05, 0) is 39.8 Å². The van der Waals surface area contributed by atoms with Crippen molar-refractivity contribution in [3.8, 4) is 11.1 Å². The Bertz CT molecular complexity index is 603. The van der Waals surface area contributed by atoms with E-state index in [0.717, 1.165) is 6.42 Å². The number of fused-ring (bicyclic) bond motifs is 3. The number of allylic oxidation sites excluding steroid dienone is 1. The van der Waals surface area contributed by atoms with E-state index in [1.807, 2.05) is 0 Å². The molecule has 4 rings (SSSR count). The lowest BCUT2D eigenvalue weighted by atomic mass is 10.0. The molecule has 0 N–H and O–H groups in total. The van der Waals surface area contributed by atoms with Gasteiger partial charge in [-0.25, -0.2) is 0 Å². The molecule has 0 unspecified atom stereocenters. The molecule has 0 nitrogen and oxygen atoms in total. The van der Waals surface area contributed by atoms with Crippen LogP contribution in [0.5, 0.6) is 0 Å². The molecule has 0 spiro atoms. The smallest absolute Gasteiger partial charge is 0.00668 e. The fourth-order valence-corrected chi connectivity index (χ4v) is 2.82. The van der Waals surface area contributed by atoms with Gasteiger partial charge in [0.25, 0.3) is 0 Å². The van der Waals surface area contributed by atoms with Crippen LogP contribution in [0.3, 0.4) is 0 Å². The van der Waals surface area contributed by atoms with E-state index < -0.39 is 0 Å². The molecule has 70 valence electrons. The zero-order valence-corrected chi connectivity index (χ0v) is 8.33. The van der Waals surface area contributed by atoms with Gasteiger partial charge in [0, 0.05) is 0 Å². The van der Waals surface area contributed by atoms with Crippen molar-refractivity contribution in [1.29, 1.82) is 0 Å². The van der Waals surface area contributed by atoms with Gasteiger partial charge in [0.15, 0.2) is 0 Å². The van der Waals surface area contributed by atoms with Crippen molar-refractivity contribution in [2.75, 3.05) is 0 Å².